The van der Waals surface area contributed by atoms with Gasteiger partial charge < -0.3 is 20.5 Å². The molecule has 0 saturated carbocycles. The number of rotatable bonds is 16. The van der Waals surface area contributed by atoms with Crippen molar-refractivity contribution >= 4 is 19.8 Å². The number of carbonyl (C=O) groups excluding carboxylic acids is 2. The van der Waals surface area contributed by atoms with Crippen LogP contribution in [0.4, 0.5) is 4.79 Å². The fourth-order valence-corrected chi connectivity index (χ4v) is 5.25. The van der Waals surface area contributed by atoms with Crippen LogP contribution >= 0.6 is 7.82 Å². The number of ether oxygens (including phenoxy) is 1. The van der Waals surface area contributed by atoms with E-state index in [1.807, 2.05) is 55.5 Å². The Morgan fingerprint density at radius 2 is 1.74 bits per heavy atom. The van der Waals surface area contributed by atoms with Crippen LogP contribution < -0.4 is 10.6 Å². The van der Waals surface area contributed by atoms with Gasteiger partial charge in [-0.05, 0) is 35.1 Å². The summed E-state index contributed by atoms with van der Waals surface area (Å²) in [5.74, 6) is -0.756. The Kier molecular flexibility index (Phi) is 11.5. The lowest BCUT2D eigenvalue weighted by molar-refractivity contribution is -0.123. The van der Waals surface area contributed by atoms with Crippen molar-refractivity contribution in [2.45, 2.75) is 31.7 Å². The number of benzene rings is 2. The van der Waals surface area contributed by atoms with Crippen LogP contribution in [-0.2, 0) is 27.7 Å². The number of nitrogens with one attached hydrogen (secondary N) is 2. The molecule has 2 amide bonds. The normalized spacial score (nSPS) is 14.6. The molecule has 3 rings (SSSR count). The molecule has 2 atom stereocenters. The molecule has 1 aliphatic rings. The zero-order chi connectivity index (χ0) is 27.4. The van der Waals surface area contributed by atoms with Crippen LogP contribution in [0.1, 0.15) is 36.8 Å². The molecule has 0 bridgehead atoms. The van der Waals surface area contributed by atoms with Crippen LogP contribution in [0.3, 0.4) is 0 Å². The Labute approximate surface area is 222 Å². The molecule has 2 aromatic carbocycles. The Balaban J connectivity index is 1.66. The van der Waals surface area contributed by atoms with Gasteiger partial charge in [0, 0.05) is 19.1 Å². The topological polar surface area (TPSA) is 132 Å². The molecule has 2 unspecified atom stereocenters. The van der Waals surface area contributed by atoms with Gasteiger partial charge in [0.2, 0.25) is 5.91 Å². The second-order valence-electron chi connectivity index (χ2n) is 8.55. The van der Waals surface area contributed by atoms with E-state index in [9.17, 15) is 14.2 Å². The first-order chi connectivity index (χ1) is 18.4. The highest BCUT2D eigenvalue weighted by Crippen LogP contribution is 2.49. The Hall–Kier alpha value is -3.01. The van der Waals surface area contributed by atoms with Gasteiger partial charge in [-0.1, -0.05) is 61.5 Å². The van der Waals surface area contributed by atoms with E-state index in [1.54, 1.807) is 0 Å². The van der Waals surface area contributed by atoms with Crippen molar-refractivity contribution in [3.05, 3.63) is 72.3 Å². The largest absolute Gasteiger partial charge is 0.475 e. The van der Waals surface area contributed by atoms with Crippen molar-refractivity contribution in [3.8, 4) is 11.1 Å². The molecule has 0 heterocycles. The van der Waals surface area contributed by atoms with Crippen LogP contribution in [0.25, 0.3) is 11.1 Å². The van der Waals surface area contributed by atoms with Crippen molar-refractivity contribution in [2.75, 3.05) is 39.6 Å². The van der Waals surface area contributed by atoms with Gasteiger partial charge >= 0.3 is 13.9 Å². The maximum atomic E-state index is 12.9. The first-order valence-electron chi connectivity index (χ1n) is 12.6. The van der Waals surface area contributed by atoms with Crippen LogP contribution in [0.5, 0.6) is 0 Å². The number of aliphatic hydroxyl groups is 1. The molecule has 0 fully saturated rings. The Morgan fingerprint density at radius 3 is 2.34 bits per heavy atom. The number of phosphoric acid groups is 1. The molecule has 3 N–H and O–H groups in total. The molecule has 206 valence electrons. The molecule has 0 spiro atoms. The molecule has 0 aliphatic heterocycles. The van der Waals surface area contributed by atoms with Gasteiger partial charge in [0.1, 0.15) is 12.6 Å². The van der Waals surface area contributed by atoms with E-state index in [2.05, 4.69) is 17.2 Å². The molecular weight excluding hydrogens is 511 g/mol. The SMILES string of the molecule is C=CCOP(=O)(OCCC)OCC(NC(=O)OCC1c2ccccc2-c2ccccc21)C(=O)NCCCO. The third-order valence-electron chi connectivity index (χ3n) is 5.79. The van der Waals surface area contributed by atoms with Crippen molar-refractivity contribution in [2.24, 2.45) is 0 Å². The van der Waals surface area contributed by atoms with Crippen molar-refractivity contribution in [1.82, 2.24) is 10.6 Å². The fraction of sp³-hybridized carbons (Fsp3) is 0.407. The highest BCUT2D eigenvalue weighted by Gasteiger charge is 2.32. The summed E-state index contributed by atoms with van der Waals surface area (Å²) in [4.78, 5) is 25.5. The molecule has 1 aliphatic carbocycles. The summed E-state index contributed by atoms with van der Waals surface area (Å²) in [6.07, 6.45) is 1.44. The van der Waals surface area contributed by atoms with Crippen molar-refractivity contribution in [3.63, 3.8) is 0 Å². The van der Waals surface area contributed by atoms with E-state index in [0.717, 1.165) is 22.3 Å². The van der Waals surface area contributed by atoms with Gasteiger partial charge in [-0.2, -0.15) is 0 Å². The highest BCUT2D eigenvalue weighted by atomic mass is 31.2. The molecule has 0 saturated heterocycles. The fourth-order valence-electron chi connectivity index (χ4n) is 4.00. The smallest absolute Gasteiger partial charge is 0.449 e. The van der Waals surface area contributed by atoms with Crippen LogP contribution in [0.2, 0.25) is 0 Å². The molecule has 0 aromatic heterocycles. The lowest BCUT2D eigenvalue weighted by atomic mass is 9.98. The molecule has 11 heteroatoms. The van der Waals surface area contributed by atoms with E-state index in [1.165, 1.54) is 6.08 Å². The lowest BCUT2D eigenvalue weighted by Gasteiger charge is -2.22. The first kappa shape index (κ1) is 29.5. The predicted molar refractivity (Wildman–Crippen MR) is 143 cm³/mol. The average molecular weight is 547 g/mol. The third kappa shape index (κ3) is 7.99. The summed E-state index contributed by atoms with van der Waals surface area (Å²) in [5, 5.41) is 14.1. The number of hydrogen-bond acceptors (Lipinski definition) is 8. The lowest BCUT2D eigenvalue weighted by Crippen LogP contribution is -2.49. The number of fused-ring (bicyclic) bond motifs is 3. The zero-order valence-corrected chi connectivity index (χ0v) is 22.4. The maximum Gasteiger partial charge on any atom is 0.475 e. The highest BCUT2D eigenvalue weighted by molar-refractivity contribution is 7.48. The first-order valence-corrected chi connectivity index (χ1v) is 14.0. The van der Waals surface area contributed by atoms with E-state index in [-0.39, 0.29) is 38.9 Å². The third-order valence-corrected chi connectivity index (χ3v) is 7.22. The Morgan fingerprint density at radius 1 is 1.08 bits per heavy atom. The minimum Gasteiger partial charge on any atom is -0.449 e. The number of hydrogen-bond donors (Lipinski definition) is 3. The molecule has 2 aromatic rings. The number of phosphoric ester groups is 1. The van der Waals surface area contributed by atoms with Gasteiger partial charge in [-0.25, -0.2) is 9.36 Å². The minimum absolute atomic E-state index is 0.0557. The minimum atomic E-state index is -4.01. The summed E-state index contributed by atoms with van der Waals surface area (Å²) in [6.45, 7) is 4.99. The van der Waals surface area contributed by atoms with Gasteiger partial charge in [-0.15, -0.1) is 6.58 Å². The number of alkyl carbamates (subject to hydrolysis) is 1. The van der Waals surface area contributed by atoms with Crippen molar-refractivity contribution < 1.29 is 37.6 Å². The Bertz CT molecular complexity index is 1100. The van der Waals surface area contributed by atoms with Gasteiger partial charge in [0.15, 0.2) is 0 Å². The van der Waals surface area contributed by atoms with Crippen LogP contribution in [-0.4, -0.2) is 62.7 Å². The number of aliphatic hydroxyl groups excluding tert-OH is 1. The van der Waals surface area contributed by atoms with E-state index >= 15 is 0 Å². The van der Waals surface area contributed by atoms with E-state index < -0.39 is 32.5 Å². The van der Waals surface area contributed by atoms with E-state index in [0.29, 0.717) is 12.8 Å². The van der Waals surface area contributed by atoms with Crippen LogP contribution in [0, 0.1) is 0 Å². The predicted octanol–water partition coefficient (Wildman–Crippen LogP) is 4.15. The summed E-state index contributed by atoms with van der Waals surface area (Å²) in [7, 11) is -4.01. The zero-order valence-electron chi connectivity index (χ0n) is 21.5. The summed E-state index contributed by atoms with van der Waals surface area (Å²) in [5.41, 5.74) is 4.29. The molecular formula is C27H35N2O8P. The second kappa shape index (κ2) is 14.8. The number of amides is 2. The molecule has 10 nitrogen and oxygen atoms in total. The van der Waals surface area contributed by atoms with Gasteiger partial charge in [0.25, 0.3) is 0 Å². The second-order valence-corrected chi connectivity index (χ2v) is 10.2. The quantitative estimate of drug-likeness (QED) is 0.163. The summed E-state index contributed by atoms with van der Waals surface area (Å²) < 4.78 is 34.3. The standard InChI is InChI=1S/C27H35N2O8P/c1-3-16-35-38(33,36-17-4-2)37-19-25(26(31)28-14-9-15-30)29-27(32)34-18-24-22-12-7-5-10-20(22)21-11-6-8-13-23(21)24/h3,5-8,10-13,24-25,30H,1,4,9,14-19H2,2H3,(H,28,31)(H,29,32). The summed E-state index contributed by atoms with van der Waals surface area (Å²) >= 11 is 0. The molecule has 38 heavy (non-hydrogen) atoms. The summed E-state index contributed by atoms with van der Waals surface area (Å²) in [6, 6.07) is 14.6. The van der Waals surface area contributed by atoms with Gasteiger partial charge in [-0.3, -0.25) is 18.4 Å². The van der Waals surface area contributed by atoms with E-state index in [4.69, 9.17) is 23.4 Å². The average Bonchev–Trinajstić information content (AvgIpc) is 3.25. The maximum absolute atomic E-state index is 12.9. The number of carbonyl (C=O) groups is 2. The van der Waals surface area contributed by atoms with Crippen LogP contribution in [0.15, 0.2) is 61.2 Å². The molecule has 0 radical (unpaired) electrons. The van der Waals surface area contributed by atoms with Gasteiger partial charge in [0.05, 0.1) is 19.8 Å². The van der Waals surface area contributed by atoms with Crippen molar-refractivity contribution in [1.29, 1.82) is 0 Å². The monoisotopic (exact) mass is 546 g/mol.